The third kappa shape index (κ3) is 1.77. The van der Waals surface area contributed by atoms with Crippen molar-refractivity contribution in [3.8, 4) is 0 Å². The first kappa shape index (κ1) is 9.93. The Labute approximate surface area is 83.6 Å². The molecule has 1 unspecified atom stereocenters. The van der Waals surface area contributed by atoms with Crippen molar-refractivity contribution in [3.05, 3.63) is 0 Å². The van der Waals surface area contributed by atoms with Crippen molar-refractivity contribution >= 4 is 5.97 Å². The highest BCUT2D eigenvalue weighted by atomic mass is 16.5. The summed E-state index contributed by atoms with van der Waals surface area (Å²) in [5.41, 5.74) is -0.797. The van der Waals surface area contributed by atoms with Crippen LogP contribution in [-0.4, -0.2) is 35.9 Å². The Morgan fingerprint density at radius 3 is 2.64 bits per heavy atom. The van der Waals surface area contributed by atoms with Crippen LogP contribution in [-0.2, 0) is 9.53 Å². The fraction of sp³-hybridized carbons (Fsp3) is 0.900. The van der Waals surface area contributed by atoms with Crippen LogP contribution in [0.2, 0.25) is 0 Å². The fourth-order valence-electron chi connectivity index (χ4n) is 2.37. The smallest absolute Gasteiger partial charge is 0.326 e. The van der Waals surface area contributed by atoms with E-state index in [0.717, 1.165) is 12.8 Å². The number of rotatable bonds is 3. The van der Waals surface area contributed by atoms with E-state index in [4.69, 9.17) is 4.74 Å². The Balaban J connectivity index is 1.99. The van der Waals surface area contributed by atoms with Gasteiger partial charge in [0, 0.05) is 19.1 Å². The van der Waals surface area contributed by atoms with Gasteiger partial charge in [-0.25, -0.2) is 0 Å². The van der Waals surface area contributed by atoms with E-state index in [0.29, 0.717) is 25.7 Å². The molecule has 1 heterocycles. The summed E-state index contributed by atoms with van der Waals surface area (Å²) in [6.07, 6.45) is 5.24. The highest BCUT2D eigenvalue weighted by Gasteiger charge is 2.44. The molecule has 0 aromatic carbocycles. The summed E-state index contributed by atoms with van der Waals surface area (Å²) in [4.78, 5) is 11.2. The van der Waals surface area contributed by atoms with Crippen LogP contribution in [0.25, 0.3) is 0 Å². The lowest BCUT2D eigenvalue weighted by atomic mass is 9.97. The predicted octanol–water partition coefficient (Wildman–Crippen LogP) is 0.762. The molecule has 0 aromatic heterocycles. The van der Waals surface area contributed by atoms with Crippen molar-refractivity contribution in [1.82, 2.24) is 5.32 Å². The van der Waals surface area contributed by atoms with Gasteiger partial charge in [-0.2, -0.15) is 0 Å². The second-order valence-electron chi connectivity index (χ2n) is 4.32. The van der Waals surface area contributed by atoms with Crippen LogP contribution < -0.4 is 5.32 Å². The normalized spacial score (nSPS) is 33.7. The van der Waals surface area contributed by atoms with Gasteiger partial charge in [-0.05, 0) is 12.8 Å². The molecule has 1 aliphatic carbocycles. The maximum atomic E-state index is 11.2. The lowest BCUT2D eigenvalue weighted by molar-refractivity contribution is -0.145. The minimum absolute atomic E-state index is 0.318. The van der Waals surface area contributed by atoms with Crippen LogP contribution in [0.15, 0.2) is 0 Å². The van der Waals surface area contributed by atoms with E-state index in [1.165, 1.54) is 12.8 Å². The molecule has 0 radical (unpaired) electrons. The van der Waals surface area contributed by atoms with Gasteiger partial charge >= 0.3 is 5.97 Å². The second-order valence-corrected chi connectivity index (χ2v) is 4.32. The van der Waals surface area contributed by atoms with Crippen molar-refractivity contribution in [1.29, 1.82) is 0 Å². The third-order valence-corrected chi connectivity index (χ3v) is 3.27. The van der Waals surface area contributed by atoms with Gasteiger partial charge < -0.3 is 9.84 Å². The van der Waals surface area contributed by atoms with E-state index in [2.05, 4.69) is 5.32 Å². The Kier molecular flexibility index (Phi) is 2.74. The zero-order valence-electron chi connectivity index (χ0n) is 8.29. The van der Waals surface area contributed by atoms with Gasteiger partial charge in [-0.1, -0.05) is 12.8 Å². The molecule has 0 spiro atoms. The number of nitrogens with one attached hydrogen (secondary N) is 1. The maximum Gasteiger partial charge on any atom is 0.326 e. The summed E-state index contributed by atoms with van der Waals surface area (Å²) in [6, 6.07) is 0.382. The molecular weight excluding hydrogens is 182 g/mol. The molecule has 1 aliphatic heterocycles. The predicted molar refractivity (Wildman–Crippen MR) is 51.2 cm³/mol. The summed E-state index contributed by atoms with van der Waals surface area (Å²) in [6.45, 7) is 0.880. The van der Waals surface area contributed by atoms with Crippen molar-refractivity contribution in [2.24, 2.45) is 0 Å². The molecule has 4 nitrogen and oxygen atoms in total. The Morgan fingerprint density at radius 2 is 2.14 bits per heavy atom. The first-order valence-corrected chi connectivity index (χ1v) is 5.32. The average Bonchev–Trinajstić information content (AvgIpc) is 2.76. The van der Waals surface area contributed by atoms with E-state index in [1.807, 2.05) is 0 Å². The largest absolute Gasteiger partial charge is 0.480 e. The van der Waals surface area contributed by atoms with Crippen LogP contribution in [0.3, 0.4) is 0 Å². The van der Waals surface area contributed by atoms with Crippen molar-refractivity contribution in [2.75, 3.05) is 13.2 Å². The van der Waals surface area contributed by atoms with E-state index in [9.17, 15) is 9.90 Å². The lowest BCUT2D eigenvalue weighted by Gasteiger charge is -2.27. The van der Waals surface area contributed by atoms with Gasteiger partial charge in [0.2, 0.25) is 0 Å². The van der Waals surface area contributed by atoms with Gasteiger partial charge in [-0.3, -0.25) is 10.1 Å². The first-order valence-electron chi connectivity index (χ1n) is 5.32. The van der Waals surface area contributed by atoms with Crippen LogP contribution in [0.1, 0.15) is 32.1 Å². The van der Waals surface area contributed by atoms with E-state index in [1.54, 1.807) is 0 Å². The Morgan fingerprint density at radius 1 is 1.43 bits per heavy atom. The average molecular weight is 199 g/mol. The van der Waals surface area contributed by atoms with Gasteiger partial charge in [0.05, 0.1) is 6.61 Å². The number of ether oxygens (including phenoxy) is 1. The minimum atomic E-state index is -0.797. The van der Waals surface area contributed by atoms with Crippen molar-refractivity contribution < 1.29 is 14.6 Å². The quantitative estimate of drug-likeness (QED) is 0.704. The highest BCUT2D eigenvalue weighted by molar-refractivity contribution is 5.79. The molecule has 2 rings (SSSR count). The van der Waals surface area contributed by atoms with E-state index in [-0.39, 0.29) is 0 Å². The number of hydrogen-bond acceptors (Lipinski definition) is 3. The topological polar surface area (TPSA) is 58.6 Å². The highest BCUT2D eigenvalue weighted by Crippen LogP contribution is 2.25. The summed E-state index contributed by atoms with van der Waals surface area (Å²) in [5.74, 6) is -0.762. The standard InChI is InChI=1S/C10H17NO3/c12-9(13)10(5-6-14-7-10)11-8-3-1-2-4-8/h8,11H,1-7H2,(H,12,13). The molecular formula is C10H17NO3. The molecule has 1 saturated carbocycles. The molecule has 0 bridgehead atoms. The van der Waals surface area contributed by atoms with E-state index >= 15 is 0 Å². The summed E-state index contributed by atoms with van der Waals surface area (Å²) >= 11 is 0. The molecule has 0 amide bonds. The lowest BCUT2D eigenvalue weighted by Crippen LogP contribution is -2.56. The number of carboxylic acids is 1. The zero-order chi connectivity index (χ0) is 10.0. The Bertz CT molecular complexity index is 217. The number of hydrogen-bond donors (Lipinski definition) is 2. The third-order valence-electron chi connectivity index (χ3n) is 3.27. The van der Waals surface area contributed by atoms with Crippen LogP contribution in [0, 0.1) is 0 Å². The summed E-state index contributed by atoms with van der Waals surface area (Å²) in [5, 5.41) is 12.4. The molecule has 4 heteroatoms. The molecule has 2 aliphatic rings. The summed E-state index contributed by atoms with van der Waals surface area (Å²) < 4.78 is 5.19. The number of carboxylic acid groups (broad SMARTS) is 1. The molecule has 1 atom stereocenters. The monoisotopic (exact) mass is 199 g/mol. The Hall–Kier alpha value is -0.610. The number of aliphatic carboxylic acids is 1. The SMILES string of the molecule is O=C(O)C1(NC2CCCC2)CCOC1. The summed E-state index contributed by atoms with van der Waals surface area (Å²) in [7, 11) is 0. The fourth-order valence-corrected chi connectivity index (χ4v) is 2.37. The van der Waals surface area contributed by atoms with Crippen LogP contribution in [0.4, 0.5) is 0 Å². The van der Waals surface area contributed by atoms with Crippen molar-refractivity contribution in [2.45, 2.75) is 43.7 Å². The molecule has 1 saturated heterocycles. The zero-order valence-corrected chi connectivity index (χ0v) is 8.29. The van der Waals surface area contributed by atoms with Gasteiger partial charge in [-0.15, -0.1) is 0 Å². The van der Waals surface area contributed by atoms with Crippen molar-refractivity contribution in [3.63, 3.8) is 0 Å². The first-order chi connectivity index (χ1) is 6.73. The van der Waals surface area contributed by atoms with Crippen LogP contribution in [0.5, 0.6) is 0 Å². The maximum absolute atomic E-state index is 11.2. The number of carbonyl (C=O) groups is 1. The molecule has 14 heavy (non-hydrogen) atoms. The second kappa shape index (κ2) is 3.87. The molecule has 0 aromatic rings. The van der Waals surface area contributed by atoms with Gasteiger partial charge in [0.1, 0.15) is 5.54 Å². The van der Waals surface area contributed by atoms with E-state index < -0.39 is 11.5 Å². The minimum Gasteiger partial charge on any atom is -0.480 e. The van der Waals surface area contributed by atoms with Gasteiger partial charge in [0.25, 0.3) is 0 Å². The molecule has 2 fully saturated rings. The molecule has 80 valence electrons. The van der Waals surface area contributed by atoms with Crippen LogP contribution >= 0.6 is 0 Å². The van der Waals surface area contributed by atoms with Gasteiger partial charge in [0.15, 0.2) is 0 Å². The molecule has 2 N–H and O–H groups in total.